The molecular formula is C19H21ClN2O5S. The second kappa shape index (κ2) is 8.38. The van der Waals surface area contributed by atoms with Gasteiger partial charge in [0, 0.05) is 6.54 Å². The van der Waals surface area contributed by atoms with Crippen molar-refractivity contribution in [3.8, 4) is 11.5 Å². The predicted octanol–water partition coefficient (Wildman–Crippen LogP) is 2.78. The van der Waals surface area contributed by atoms with Crippen molar-refractivity contribution in [1.82, 2.24) is 4.31 Å². The van der Waals surface area contributed by atoms with Gasteiger partial charge in [-0.15, -0.1) is 0 Å². The van der Waals surface area contributed by atoms with E-state index in [0.29, 0.717) is 30.3 Å². The zero-order chi connectivity index (χ0) is 20.3. The average molecular weight is 425 g/mol. The van der Waals surface area contributed by atoms with Gasteiger partial charge >= 0.3 is 0 Å². The molecule has 1 aliphatic heterocycles. The number of ether oxygens (including phenoxy) is 2. The van der Waals surface area contributed by atoms with Crippen molar-refractivity contribution in [2.45, 2.75) is 11.8 Å². The SMILES string of the molecule is CCN(CC(=O)N1CCOc2ccccc21)S(=O)(=O)c1ccc(OC)c(Cl)c1. The third-order valence-corrected chi connectivity index (χ3v) is 6.67. The van der Waals surface area contributed by atoms with Crippen LogP contribution in [-0.2, 0) is 14.8 Å². The Morgan fingerprint density at radius 2 is 2.04 bits per heavy atom. The first-order valence-electron chi connectivity index (χ1n) is 8.74. The number of methoxy groups -OCH3 is 1. The molecule has 0 saturated heterocycles. The van der Waals surface area contributed by atoms with E-state index in [9.17, 15) is 13.2 Å². The van der Waals surface area contributed by atoms with Crippen LogP contribution in [0.5, 0.6) is 11.5 Å². The summed E-state index contributed by atoms with van der Waals surface area (Å²) in [6.45, 7) is 2.27. The van der Waals surface area contributed by atoms with E-state index in [1.54, 1.807) is 24.0 Å². The van der Waals surface area contributed by atoms with Crippen molar-refractivity contribution in [2.75, 3.05) is 38.3 Å². The van der Waals surface area contributed by atoms with Crippen molar-refractivity contribution in [1.29, 1.82) is 0 Å². The third kappa shape index (κ3) is 3.94. The molecule has 1 heterocycles. The summed E-state index contributed by atoms with van der Waals surface area (Å²) >= 11 is 6.07. The van der Waals surface area contributed by atoms with E-state index in [-0.39, 0.29) is 28.9 Å². The molecule has 0 aromatic heterocycles. The number of carbonyl (C=O) groups excluding carboxylic acids is 1. The molecule has 9 heteroatoms. The van der Waals surface area contributed by atoms with Gasteiger partial charge in [0.05, 0.1) is 35.8 Å². The Kier molecular flexibility index (Phi) is 6.12. The van der Waals surface area contributed by atoms with Crippen LogP contribution in [0, 0.1) is 0 Å². The maximum atomic E-state index is 13.0. The van der Waals surface area contributed by atoms with Crippen LogP contribution < -0.4 is 14.4 Å². The minimum Gasteiger partial charge on any atom is -0.495 e. The number of benzene rings is 2. The summed E-state index contributed by atoms with van der Waals surface area (Å²) in [7, 11) is -2.44. The molecule has 0 unspecified atom stereocenters. The highest BCUT2D eigenvalue weighted by Gasteiger charge is 2.30. The Bertz CT molecular complexity index is 980. The Hall–Kier alpha value is -2.29. The van der Waals surface area contributed by atoms with Gasteiger partial charge in [-0.2, -0.15) is 4.31 Å². The van der Waals surface area contributed by atoms with Crippen LogP contribution >= 0.6 is 11.6 Å². The maximum absolute atomic E-state index is 13.0. The summed E-state index contributed by atoms with van der Waals surface area (Å²) in [5.41, 5.74) is 0.639. The van der Waals surface area contributed by atoms with Crippen LogP contribution in [0.3, 0.4) is 0 Å². The number of para-hydroxylation sites is 2. The summed E-state index contributed by atoms with van der Waals surface area (Å²) in [6.07, 6.45) is 0. The Morgan fingerprint density at radius 1 is 1.29 bits per heavy atom. The van der Waals surface area contributed by atoms with E-state index < -0.39 is 10.0 Å². The van der Waals surface area contributed by atoms with E-state index in [1.807, 2.05) is 12.1 Å². The zero-order valence-electron chi connectivity index (χ0n) is 15.6. The monoisotopic (exact) mass is 424 g/mol. The van der Waals surface area contributed by atoms with Gasteiger partial charge in [0.25, 0.3) is 0 Å². The molecular weight excluding hydrogens is 404 g/mol. The summed E-state index contributed by atoms with van der Waals surface area (Å²) in [6, 6.07) is 11.4. The van der Waals surface area contributed by atoms with Gasteiger partial charge in [0.2, 0.25) is 15.9 Å². The summed E-state index contributed by atoms with van der Waals surface area (Å²) in [4.78, 5) is 14.5. The quantitative estimate of drug-likeness (QED) is 0.712. The molecule has 0 bridgehead atoms. The molecule has 0 saturated carbocycles. The van der Waals surface area contributed by atoms with Gasteiger partial charge in [-0.25, -0.2) is 8.42 Å². The molecule has 2 aromatic carbocycles. The van der Waals surface area contributed by atoms with Crippen molar-refractivity contribution < 1.29 is 22.7 Å². The first-order valence-corrected chi connectivity index (χ1v) is 10.6. The summed E-state index contributed by atoms with van der Waals surface area (Å²) < 4.78 is 37.8. The fourth-order valence-corrected chi connectivity index (χ4v) is 4.74. The van der Waals surface area contributed by atoms with E-state index in [2.05, 4.69) is 0 Å². The molecule has 1 aliphatic rings. The van der Waals surface area contributed by atoms with E-state index in [0.717, 1.165) is 4.31 Å². The third-order valence-electron chi connectivity index (χ3n) is 4.45. The van der Waals surface area contributed by atoms with Gasteiger partial charge in [0.1, 0.15) is 18.1 Å². The highest BCUT2D eigenvalue weighted by molar-refractivity contribution is 7.89. The standard InChI is InChI=1S/C19H21ClN2O5S/c1-3-21(28(24,25)14-8-9-17(26-2)15(20)12-14)13-19(23)22-10-11-27-18-7-5-4-6-16(18)22/h4-9,12H,3,10-11,13H2,1-2H3. The molecule has 3 rings (SSSR count). The smallest absolute Gasteiger partial charge is 0.243 e. The highest BCUT2D eigenvalue weighted by atomic mass is 35.5. The fourth-order valence-electron chi connectivity index (χ4n) is 2.99. The van der Waals surface area contributed by atoms with Gasteiger partial charge in [0.15, 0.2) is 0 Å². The molecule has 2 aromatic rings. The van der Waals surface area contributed by atoms with Crippen molar-refractivity contribution >= 4 is 33.2 Å². The van der Waals surface area contributed by atoms with E-state index in [4.69, 9.17) is 21.1 Å². The van der Waals surface area contributed by atoms with Gasteiger partial charge in [-0.1, -0.05) is 30.7 Å². The van der Waals surface area contributed by atoms with Crippen LogP contribution in [0.15, 0.2) is 47.4 Å². The van der Waals surface area contributed by atoms with Crippen molar-refractivity contribution in [3.05, 3.63) is 47.5 Å². The number of hydrogen-bond acceptors (Lipinski definition) is 5. The number of sulfonamides is 1. The van der Waals surface area contributed by atoms with Crippen LogP contribution in [0.4, 0.5) is 5.69 Å². The number of fused-ring (bicyclic) bond motifs is 1. The Morgan fingerprint density at radius 3 is 2.71 bits per heavy atom. The maximum Gasteiger partial charge on any atom is 0.243 e. The zero-order valence-corrected chi connectivity index (χ0v) is 17.2. The fraction of sp³-hybridized carbons (Fsp3) is 0.316. The number of nitrogens with zero attached hydrogens (tertiary/aromatic N) is 2. The number of halogens is 1. The van der Waals surface area contributed by atoms with Gasteiger partial charge < -0.3 is 14.4 Å². The summed E-state index contributed by atoms with van der Waals surface area (Å²) in [5, 5.41) is 0.188. The number of carbonyl (C=O) groups is 1. The lowest BCUT2D eigenvalue weighted by molar-refractivity contribution is -0.119. The van der Waals surface area contributed by atoms with E-state index >= 15 is 0 Å². The molecule has 0 fully saturated rings. The lowest BCUT2D eigenvalue weighted by Crippen LogP contribution is -2.45. The topological polar surface area (TPSA) is 76.2 Å². The minimum absolute atomic E-state index is 0.00956. The largest absolute Gasteiger partial charge is 0.495 e. The molecule has 0 spiro atoms. The molecule has 0 aliphatic carbocycles. The highest BCUT2D eigenvalue weighted by Crippen LogP contribution is 2.32. The summed E-state index contributed by atoms with van der Waals surface area (Å²) in [5.74, 6) is 0.667. The number of likely N-dealkylation sites (N-methyl/N-ethyl adjacent to an activating group) is 1. The molecule has 150 valence electrons. The normalized spacial score (nSPS) is 13.8. The number of hydrogen-bond donors (Lipinski definition) is 0. The first kappa shape index (κ1) is 20.4. The second-order valence-corrected chi connectivity index (χ2v) is 8.43. The van der Waals surface area contributed by atoms with Crippen LogP contribution in [-0.4, -0.2) is 52.0 Å². The van der Waals surface area contributed by atoms with Gasteiger partial charge in [-0.3, -0.25) is 4.79 Å². The average Bonchev–Trinajstić information content (AvgIpc) is 2.71. The lowest BCUT2D eigenvalue weighted by Gasteiger charge is -2.31. The Balaban J connectivity index is 1.84. The molecule has 0 atom stereocenters. The molecule has 28 heavy (non-hydrogen) atoms. The van der Waals surface area contributed by atoms with Crippen LogP contribution in [0.1, 0.15) is 6.92 Å². The molecule has 7 nitrogen and oxygen atoms in total. The van der Waals surface area contributed by atoms with E-state index in [1.165, 1.54) is 25.3 Å². The van der Waals surface area contributed by atoms with Gasteiger partial charge in [-0.05, 0) is 30.3 Å². The first-order chi connectivity index (χ1) is 13.4. The van der Waals surface area contributed by atoms with Crippen molar-refractivity contribution in [2.24, 2.45) is 0 Å². The molecule has 0 N–H and O–H groups in total. The predicted molar refractivity (Wildman–Crippen MR) is 107 cm³/mol. The second-order valence-electron chi connectivity index (χ2n) is 6.09. The number of amides is 1. The molecule has 0 radical (unpaired) electrons. The van der Waals surface area contributed by atoms with Crippen molar-refractivity contribution in [3.63, 3.8) is 0 Å². The Labute approximate surface area is 169 Å². The minimum atomic E-state index is -3.90. The van der Waals surface area contributed by atoms with Crippen LogP contribution in [0.2, 0.25) is 5.02 Å². The molecule has 1 amide bonds. The lowest BCUT2D eigenvalue weighted by atomic mass is 10.2. The number of anilines is 1. The number of rotatable bonds is 6. The van der Waals surface area contributed by atoms with Crippen LogP contribution in [0.25, 0.3) is 0 Å².